The zero-order valence-corrected chi connectivity index (χ0v) is 9.69. The van der Waals surface area contributed by atoms with Crippen molar-refractivity contribution in [2.75, 3.05) is 0 Å². The second kappa shape index (κ2) is 3.74. The number of nitrogens with zero attached hydrogens (tertiary/aromatic N) is 2. The molecule has 0 aliphatic rings. The number of benzene rings is 1. The Kier molecular flexibility index (Phi) is 2.60. The van der Waals surface area contributed by atoms with E-state index in [1.165, 1.54) is 17.6 Å². The molecule has 5 heteroatoms. The molecule has 0 saturated carbocycles. The third-order valence-electron chi connectivity index (χ3n) is 1.82. The quantitative estimate of drug-likeness (QED) is 0.795. The summed E-state index contributed by atoms with van der Waals surface area (Å²) in [4.78, 5) is 4.11. The summed E-state index contributed by atoms with van der Waals surface area (Å²) in [5, 5.41) is 0.718. The van der Waals surface area contributed by atoms with Crippen LogP contribution in [0.4, 0.5) is 4.39 Å². The third kappa shape index (κ3) is 1.83. The van der Waals surface area contributed by atoms with Gasteiger partial charge in [0.05, 0.1) is 0 Å². The Bertz CT molecular complexity index is 470. The molecule has 1 aromatic heterocycles. The predicted octanol–water partition coefficient (Wildman–Crippen LogP) is 3.42. The van der Waals surface area contributed by atoms with Gasteiger partial charge in [-0.2, -0.15) is 4.37 Å². The highest BCUT2D eigenvalue weighted by Crippen LogP contribution is 2.24. The molecular weight excluding hydrogens is 267 g/mol. The van der Waals surface area contributed by atoms with Crippen molar-refractivity contribution in [2.24, 2.45) is 0 Å². The van der Waals surface area contributed by atoms with Crippen molar-refractivity contribution in [3.05, 3.63) is 34.3 Å². The van der Waals surface area contributed by atoms with Gasteiger partial charge >= 0.3 is 0 Å². The zero-order valence-electron chi connectivity index (χ0n) is 7.29. The van der Waals surface area contributed by atoms with E-state index in [1.54, 1.807) is 13.0 Å². The molecule has 2 aromatic rings. The first-order valence-electron chi connectivity index (χ1n) is 3.92. The second-order valence-corrected chi connectivity index (χ2v) is 4.29. The van der Waals surface area contributed by atoms with E-state index in [-0.39, 0.29) is 5.82 Å². The van der Waals surface area contributed by atoms with Crippen molar-refractivity contribution in [3.63, 3.8) is 0 Å². The van der Waals surface area contributed by atoms with Crippen LogP contribution in [0.5, 0.6) is 0 Å². The molecule has 0 aliphatic carbocycles. The Labute approximate surface area is 93.1 Å². The van der Waals surface area contributed by atoms with Gasteiger partial charge in [-0.1, -0.05) is 12.1 Å². The summed E-state index contributed by atoms with van der Waals surface area (Å²) >= 11 is 4.40. The Hall–Kier alpha value is -0.810. The topological polar surface area (TPSA) is 25.8 Å². The van der Waals surface area contributed by atoms with Gasteiger partial charge in [0.15, 0.2) is 0 Å². The fourth-order valence-corrected chi connectivity index (χ4v) is 2.12. The first-order chi connectivity index (χ1) is 6.66. The van der Waals surface area contributed by atoms with Crippen molar-refractivity contribution in [1.29, 1.82) is 0 Å². The van der Waals surface area contributed by atoms with Crippen LogP contribution in [0.2, 0.25) is 0 Å². The minimum absolute atomic E-state index is 0.214. The first kappa shape index (κ1) is 9.73. The van der Waals surface area contributed by atoms with E-state index in [9.17, 15) is 4.39 Å². The summed E-state index contributed by atoms with van der Waals surface area (Å²) in [5.74, 6) is -0.214. The van der Waals surface area contributed by atoms with Gasteiger partial charge in [0.1, 0.15) is 10.8 Å². The van der Waals surface area contributed by atoms with Crippen molar-refractivity contribution in [2.45, 2.75) is 6.92 Å². The number of hydrogen-bond acceptors (Lipinski definition) is 3. The molecule has 0 spiro atoms. The standard InChI is InChI=1S/C9H6BrFN2S/c1-5-2-3-6(4-7(5)11)8-12-9(10)13-14-8/h2-4H,1H3. The van der Waals surface area contributed by atoms with Gasteiger partial charge in [-0.3, -0.25) is 0 Å². The molecule has 0 unspecified atom stereocenters. The molecule has 0 saturated heterocycles. The van der Waals surface area contributed by atoms with Gasteiger partial charge in [0, 0.05) is 5.56 Å². The van der Waals surface area contributed by atoms with Crippen molar-refractivity contribution in [1.82, 2.24) is 9.36 Å². The summed E-state index contributed by atoms with van der Waals surface area (Å²) in [5.41, 5.74) is 1.40. The molecule has 0 fully saturated rings. The van der Waals surface area contributed by atoms with E-state index in [1.807, 2.05) is 6.07 Å². The number of rotatable bonds is 1. The van der Waals surface area contributed by atoms with E-state index in [0.717, 1.165) is 10.6 Å². The summed E-state index contributed by atoms with van der Waals surface area (Å²) in [6, 6.07) is 5.05. The second-order valence-electron chi connectivity index (χ2n) is 2.83. The maximum Gasteiger partial charge on any atom is 0.209 e. The van der Waals surface area contributed by atoms with Crippen LogP contribution in [-0.2, 0) is 0 Å². The number of halogens is 2. The van der Waals surface area contributed by atoms with E-state index >= 15 is 0 Å². The van der Waals surface area contributed by atoms with Crippen LogP contribution in [-0.4, -0.2) is 9.36 Å². The van der Waals surface area contributed by atoms with E-state index < -0.39 is 0 Å². The van der Waals surface area contributed by atoms with E-state index in [0.29, 0.717) is 10.3 Å². The average molecular weight is 273 g/mol. The van der Waals surface area contributed by atoms with Crippen LogP contribution >= 0.6 is 27.5 Å². The molecule has 0 aliphatic heterocycles. The number of aromatic nitrogens is 2. The molecule has 0 bridgehead atoms. The van der Waals surface area contributed by atoms with Gasteiger partial charge in [-0.15, -0.1) is 0 Å². The molecule has 0 N–H and O–H groups in total. The summed E-state index contributed by atoms with van der Waals surface area (Å²) in [6.45, 7) is 1.73. The molecule has 2 nitrogen and oxygen atoms in total. The van der Waals surface area contributed by atoms with Gasteiger partial charge in [-0.05, 0) is 46.0 Å². The zero-order chi connectivity index (χ0) is 10.1. The fourth-order valence-electron chi connectivity index (χ4n) is 1.05. The smallest absolute Gasteiger partial charge is 0.209 e. The van der Waals surface area contributed by atoms with Crippen LogP contribution in [0.25, 0.3) is 10.6 Å². The fraction of sp³-hybridized carbons (Fsp3) is 0.111. The highest BCUT2D eigenvalue weighted by molar-refractivity contribution is 9.10. The van der Waals surface area contributed by atoms with Crippen LogP contribution in [0, 0.1) is 12.7 Å². The molecule has 1 heterocycles. The first-order valence-corrected chi connectivity index (χ1v) is 5.49. The number of hydrogen-bond donors (Lipinski definition) is 0. The molecular formula is C9H6BrFN2S. The lowest BCUT2D eigenvalue weighted by Gasteiger charge is -1.98. The number of aryl methyl sites for hydroxylation is 1. The van der Waals surface area contributed by atoms with E-state index in [4.69, 9.17) is 0 Å². The Morgan fingerprint density at radius 2 is 2.21 bits per heavy atom. The van der Waals surface area contributed by atoms with Gasteiger partial charge in [0.2, 0.25) is 4.73 Å². The Balaban J connectivity index is 2.47. The molecule has 72 valence electrons. The lowest BCUT2D eigenvalue weighted by Crippen LogP contribution is -1.83. The predicted molar refractivity (Wildman–Crippen MR) is 57.7 cm³/mol. The monoisotopic (exact) mass is 272 g/mol. The lowest BCUT2D eigenvalue weighted by molar-refractivity contribution is 0.619. The van der Waals surface area contributed by atoms with Crippen molar-refractivity contribution in [3.8, 4) is 10.6 Å². The molecule has 14 heavy (non-hydrogen) atoms. The maximum absolute atomic E-state index is 13.2. The summed E-state index contributed by atoms with van der Waals surface area (Å²) in [7, 11) is 0. The summed E-state index contributed by atoms with van der Waals surface area (Å²) < 4.78 is 17.7. The summed E-state index contributed by atoms with van der Waals surface area (Å²) in [6.07, 6.45) is 0. The van der Waals surface area contributed by atoms with Gasteiger partial charge in [-0.25, -0.2) is 9.37 Å². The third-order valence-corrected chi connectivity index (χ3v) is 3.17. The molecule has 0 radical (unpaired) electrons. The molecule has 0 amide bonds. The van der Waals surface area contributed by atoms with Crippen LogP contribution in [0.15, 0.2) is 22.9 Å². The maximum atomic E-state index is 13.2. The van der Waals surface area contributed by atoms with E-state index in [2.05, 4.69) is 25.3 Å². The van der Waals surface area contributed by atoms with Gasteiger partial charge in [0.25, 0.3) is 0 Å². The SMILES string of the molecule is Cc1ccc(-c2nc(Br)ns2)cc1F. The largest absolute Gasteiger partial charge is 0.209 e. The minimum Gasteiger partial charge on any atom is -0.209 e. The average Bonchev–Trinajstić information content (AvgIpc) is 2.57. The normalized spacial score (nSPS) is 10.5. The highest BCUT2D eigenvalue weighted by Gasteiger charge is 2.06. The van der Waals surface area contributed by atoms with Crippen molar-refractivity contribution < 1.29 is 4.39 Å². The van der Waals surface area contributed by atoms with Gasteiger partial charge < -0.3 is 0 Å². The van der Waals surface area contributed by atoms with Crippen LogP contribution in [0.3, 0.4) is 0 Å². The minimum atomic E-state index is -0.214. The Morgan fingerprint density at radius 3 is 2.79 bits per heavy atom. The van der Waals surface area contributed by atoms with Crippen molar-refractivity contribution >= 4 is 27.5 Å². The Morgan fingerprint density at radius 1 is 1.43 bits per heavy atom. The van der Waals surface area contributed by atoms with Crippen LogP contribution < -0.4 is 0 Å². The molecule has 1 aromatic carbocycles. The molecule has 0 atom stereocenters. The van der Waals surface area contributed by atoms with Crippen LogP contribution in [0.1, 0.15) is 5.56 Å². The molecule has 2 rings (SSSR count). The highest BCUT2D eigenvalue weighted by atomic mass is 79.9. The lowest BCUT2D eigenvalue weighted by atomic mass is 10.1.